The fourth-order valence-corrected chi connectivity index (χ4v) is 4.90. The van der Waals surface area contributed by atoms with Crippen molar-refractivity contribution in [3.63, 3.8) is 0 Å². The predicted octanol–water partition coefficient (Wildman–Crippen LogP) is 4.68. The highest BCUT2D eigenvalue weighted by molar-refractivity contribution is 6.32. The monoisotopic (exact) mass is 545 g/mol. The van der Waals surface area contributed by atoms with Crippen LogP contribution in [0.2, 0.25) is 5.02 Å². The average Bonchev–Trinajstić information content (AvgIpc) is 2.82. The van der Waals surface area contributed by atoms with E-state index in [2.05, 4.69) is 0 Å². The Hall–Kier alpha value is -2.75. The topological polar surface area (TPSA) is 104 Å². The summed E-state index contributed by atoms with van der Waals surface area (Å²) in [4.78, 5) is 40.2. The van der Waals surface area contributed by atoms with E-state index in [1.807, 2.05) is 13.8 Å². The standard InChI is InChI=1S/C26H35ClF3N3O4/c1-4-19(16(2)31)5-8-33(15-34)21-6-9-32(10-7-21)24(36)14-20(17(3)35)11-18-12-22(26(28,29)30)25(37)23(27)13-18/h12-13,15,20-21,37H,4-11,14,31H2,1-3H3/b19-16-/t20-/m0/s1. The Morgan fingerprint density at radius 1 is 1.27 bits per heavy atom. The highest BCUT2D eigenvalue weighted by atomic mass is 35.5. The number of phenols is 1. The van der Waals surface area contributed by atoms with E-state index in [1.54, 1.807) is 9.80 Å². The number of halogens is 4. The molecule has 0 bridgehead atoms. The minimum Gasteiger partial charge on any atom is -0.506 e. The first-order chi connectivity index (χ1) is 17.3. The fraction of sp³-hybridized carbons (Fsp3) is 0.577. The SMILES string of the molecule is CC/C(CCN(C=O)C1CCN(C(=O)C[C@H](Cc2cc(Cl)c(O)c(C(F)(F)F)c2)C(C)=O)CC1)=C(\C)N. The first-order valence-corrected chi connectivity index (χ1v) is 12.7. The molecule has 11 heteroatoms. The van der Waals surface area contributed by atoms with Gasteiger partial charge in [0, 0.05) is 43.7 Å². The van der Waals surface area contributed by atoms with E-state index in [4.69, 9.17) is 17.3 Å². The molecule has 1 aliphatic heterocycles. The smallest absolute Gasteiger partial charge is 0.420 e. The lowest BCUT2D eigenvalue weighted by atomic mass is 9.91. The van der Waals surface area contributed by atoms with Crippen LogP contribution in [0.15, 0.2) is 23.4 Å². The number of hydrogen-bond donors (Lipinski definition) is 2. The largest absolute Gasteiger partial charge is 0.506 e. The van der Waals surface area contributed by atoms with Crippen LogP contribution >= 0.6 is 11.6 Å². The van der Waals surface area contributed by atoms with Gasteiger partial charge in [0.1, 0.15) is 11.5 Å². The number of carbonyl (C=O) groups is 3. The van der Waals surface area contributed by atoms with Crippen molar-refractivity contribution in [3.05, 3.63) is 39.6 Å². The van der Waals surface area contributed by atoms with Gasteiger partial charge in [-0.25, -0.2) is 0 Å². The molecule has 0 saturated carbocycles. The predicted molar refractivity (Wildman–Crippen MR) is 135 cm³/mol. The van der Waals surface area contributed by atoms with Crippen LogP contribution in [0.1, 0.15) is 64.0 Å². The van der Waals surface area contributed by atoms with Crippen molar-refractivity contribution < 1.29 is 32.7 Å². The third kappa shape index (κ3) is 8.38. The molecule has 7 nitrogen and oxygen atoms in total. The number of likely N-dealkylation sites (tertiary alicyclic amines) is 1. The molecule has 1 saturated heterocycles. The van der Waals surface area contributed by atoms with E-state index < -0.39 is 28.4 Å². The van der Waals surface area contributed by atoms with Crippen molar-refractivity contribution in [2.45, 2.75) is 71.5 Å². The molecule has 0 aliphatic carbocycles. The minimum absolute atomic E-state index is 0.0127. The molecule has 206 valence electrons. The van der Waals surface area contributed by atoms with Crippen LogP contribution in [0, 0.1) is 5.92 Å². The zero-order valence-corrected chi connectivity index (χ0v) is 22.2. The number of amides is 2. The van der Waals surface area contributed by atoms with E-state index >= 15 is 0 Å². The number of ketones is 1. The second-order valence-electron chi connectivity index (χ2n) is 9.53. The molecule has 1 aliphatic rings. The van der Waals surface area contributed by atoms with Gasteiger partial charge in [0.05, 0.1) is 10.6 Å². The molecule has 0 unspecified atom stereocenters. The molecular weight excluding hydrogens is 511 g/mol. The number of hydrogen-bond acceptors (Lipinski definition) is 5. The average molecular weight is 546 g/mol. The van der Waals surface area contributed by atoms with E-state index in [9.17, 15) is 32.7 Å². The minimum atomic E-state index is -4.82. The second-order valence-corrected chi connectivity index (χ2v) is 9.94. The van der Waals surface area contributed by atoms with Gasteiger partial charge in [0.15, 0.2) is 0 Å². The molecule has 1 fully saturated rings. The van der Waals surface area contributed by atoms with Crippen LogP contribution < -0.4 is 5.73 Å². The summed E-state index contributed by atoms with van der Waals surface area (Å²) in [5.74, 6) is -2.51. The van der Waals surface area contributed by atoms with Crippen molar-refractivity contribution in [2.24, 2.45) is 11.7 Å². The number of allylic oxidation sites excluding steroid dienone is 1. The highest BCUT2D eigenvalue weighted by Crippen LogP contribution is 2.40. The third-order valence-electron chi connectivity index (χ3n) is 6.98. The maximum atomic E-state index is 13.2. The maximum Gasteiger partial charge on any atom is 0.420 e. The number of aromatic hydroxyl groups is 1. The van der Waals surface area contributed by atoms with Crippen LogP contribution in [0.5, 0.6) is 5.75 Å². The van der Waals surface area contributed by atoms with Gasteiger partial charge in [-0.2, -0.15) is 13.2 Å². The number of Topliss-reactive ketones (excluding diaryl/α,β-unsaturated/α-hetero) is 1. The van der Waals surface area contributed by atoms with Gasteiger partial charge in [-0.15, -0.1) is 0 Å². The number of piperidine rings is 1. The molecule has 3 N–H and O–H groups in total. The maximum absolute atomic E-state index is 13.2. The number of alkyl halides is 3. The lowest BCUT2D eigenvalue weighted by Gasteiger charge is -2.37. The van der Waals surface area contributed by atoms with Gasteiger partial charge in [-0.1, -0.05) is 24.1 Å². The summed E-state index contributed by atoms with van der Waals surface area (Å²) in [6, 6.07) is 1.92. The van der Waals surface area contributed by atoms with Gasteiger partial charge < -0.3 is 20.6 Å². The molecule has 0 radical (unpaired) electrons. The lowest BCUT2D eigenvalue weighted by Crippen LogP contribution is -2.47. The van der Waals surface area contributed by atoms with Crippen molar-refractivity contribution in [1.82, 2.24) is 9.80 Å². The van der Waals surface area contributed by atoms with Gasteiger partial charge in [0.2, 0.25) is 12.3 Å². The summed E-state index contributed by atoms with van der Waals surface area (Å²) < 4.78 is 39.7. The summed E-state index contributed by atoms with van der Waals surface area (Å²) in [6.07, 6.45) is -1.59. The van der Waals surface area contributed by atoms with Crippen LogP contribution in [0.3, 0.4) is 0 Å². The summed E-state index contributed by atoms with van der Waals surface area (Å²) in [7, 11) is 0. The van der Waals surface area contributed by atoms with E-state index in [0.717, 1.165) is 30.2 Å². The molecule has 37 heavy (non-hydrogen) atoms. The molecule has 0 spiro atoms. The number of rotatable bonds is 11. The van der Waals surface area contributed by atoms with Crippen LogP contribution in [0.25, 0.3) is 0 Å². The van der Waals surface area contributed by atoms with E-state index in [0.29, 0.717) is 38.9 Å². The molecule has 1 heterocycles. The molecule has 0 aromatic heterocycles. The molecular formula is C26H35ClF3N3O4. The van der Waals surface area contributed by atoms with Gasteiger partial charge in [-0.3, -0.25) is 14.4 Å². The third-order valence-corrected chi connectivity index (χ3v) is 7.27. The molecule has 1 aromatic carbocycles. The number of nitrogens with two attached hydrogens (primary N) is 1. The quantitative estimate of drug-likeness (QED) is 0.393. The highest BCUT2D eigenvalue weighted by Gasteiger charge is 2.36. The van der Waals surface area contributed by atoms with Crippen molar-refractivity contribution in [1.29, 1.82) is 0 Å². The number of phenolic OH excluding ortho intramolecular Hbond substituents is 1. The normalized spacial score (nSPS) is 16.2. The molecule has 2 amide bonds. The van der Waals surface area contributed by atoms with Crippen molar-refractivity contribution in [3.8, 4) is 5.75 Å². The van der Waals surface area contributed by atoms with E-state index in [-0.39, 0.29) is 36.1 Å². The Morgan fingerprint density at radius 2 is 1.89 bits per heavy atom. The van der Waals surface area contributed by atoms with Crippen LogP contribution in [-0.2, 0) is 27.0 Å². The number of nitrogens with zero attached hydrogens (tertiary/aromatic N) is 2. The van der Waals surface area contributed by atoms with Crippen molar-refractivity contribution >= 4 is 29.7 Å². The number of benzene rings is 1. The summed E-state index contributed by atoms with van der Waals surface area (Å²) in [5.41, 5.74) is 6.58. The Morgan fingerprint density at radius 3 is 2.38 bits per heavy atom. The second kappa shape index (κ2) is 13.2. The summed E-state index contributed by atoms with van der Waals surface area (Å²) in [5, 5.41) is 9.21. The Kier molecular flexibility index (Phi) is 10.8. The molecule has 1 atom stereocenters. The van der Waals surface area contributed by atoms with Gasteiger partial charge in [-0.05, 0) is 63.6 Å². The first-order valence-electron chi connectivity index (χ1n) is 12.3. The van der Waals surface area contributed by atoms with Crippen molar-refractivity contribution in [2.75, 3.05) is 19.6 Å². The Balaban J connectivity index is 2.01. The molecule has 1 aromatic rings. The lowest BCUT2D eigenvalue weighted by molar-refractivity contribution is -0.139. The van der Waals surface area contributed by atoms with Gasteiger partial charge >= 0.3 is 6.18 Å². The summed E-state index contributed by atoms with van der Waals surface area (Å²) in [6.45, 7) is 6.51. The summed E-state index contributed by atoms with van der Waals surface area (Å²) >= 11 is 5.78. The van der Waals surface area contributed by atoms with Crippen LogP contribution in [0.4, 0.5) is 13.2 Å². The van der Waals surface area contributed by atoms with Crippen LogP contribution in [-0.4, -0.2) is 58.7 Å². The Labute approximate surface area is 220 Å². The van der Waals surface area contributed by atoms with Gasteiger partial charge in [0.25, 0.3) is 0 Å². The fourth-order valence-electron chi connectivity index (χ4n) is 4.66. The first kappa shape index (κ1) is 30.5. The van der Waals surface area contributed by atoms with E-state index in [1.165, 1.54) is 13.0 Å². The zero-order chi connectivity index (χ0) is 27.9. The zero-order valence-electron chi connectivity index (χ0n) is 21.4. The molecule has 2 rings (SSSR count). The number of carbonyl (C=O) groups excluding carboxylic acids is 3. The Bertz CT molecular complexity index is 1020.